The third kappa shape index (κ3) is 4.51. The van der Waals surface area contributed by atoms with Gasteiger partial charge in [0.15, 0.2) is 0 Å². The molecule has 6 heteroatoms. The number of nitrogens with one attached hydrogen (secondary N) is 2. The maximum absolute atomic E-state index is 5.33. The molecule has 2 unspecified atom stereocenters. The van der Waals surface area contributed by atoms with Gasteiger partial charge in [-0.3, -0.25) is 5.32 Å². The van der Waals surface area contributed by atoms with Crippen molar-refractivity contribution < 1.29 is 0 Å². The van der Waals surface area contributed by atoms with Gasteiger partial charge < -0.3 is 9.88 Å². The fourth-order valence-electron chi connectivity index (χ4n) is 7.96. The van der Waals surface area contributed by atoms with Crippen LogP contribution in [-0.2, 0) is 0 Å². The molecule has 2 atom stereocenters. The first-order valence-corrected chi connectivity index (χ1v) is 18.9. The van der Waals surface area contributed by atoms with Crippen LogP contribution in [0.1, 0.15) is 29.0 Å². The lowest BCUT2D eigenvalue weighted by Gasteiger charge is -2.32. The zero-order valence-corrected chi connectivity index (χ0v) is 29.0. The molecule has 7 aromatic carbocycles. The van der Waals surface area contributed by atoms with E-state index in [0.717, 1.165) is 17.0 Å². The monoisotopic (exact) mass is 690 g/mol. The molecular weight excluding hydrogens is 661 g/mol. The Hall–Kier alpha value is -5.79. The predicted octanol–water partition coefficient (Wildman–Crippen LogP) is 11.9. The molecule has 242 valence electrons. The van der Waals surface area contributed by atoms with Crippen molar-refractivity contribution in [1.82, 2.24) is 15.2 Å². The van der Waals surface area contributed by atoms with Crippen molar-refractivity contribution in [1.29, 1.82) is 0 Å². The molecule has 10 aromatic rings. The molecule has 51 heavy (non-hydrogen) atoms. The van der Waals surface area contributed by atoms with Gasteiger partial charge in [0.25, 0.3) is 0 Å². The summed E-state index contributed by atoms with van der Waals surface area (Å²) < 4.78 is 7.66. The largest absolute Gasteiger partial charge is 0.350 e. The molecule has 0 bridgehead atoms. The topological polar surface area (TPSA) is 41.4 Å². The van der Waals surface area contributed by atoms with Gasteiger partial charge in [-0.25, -0.2) is 4.99 Å². The van der Waals surface area contributed by atoms with E-state index in [4.69, 9.17) is 4.99 Å². The van der Waals surface area contributed by atoms with Crippen LogP contribution in [0, 0.1) is 0 Å². The van der Waals surface area contributed by atoms with E-state index < -0.39 is 0 Å². The number of rotatable bonds is 4. The SMILES string of the molecule is c1ccc(C2N=C(c3ccc4c(c3)c3ccccc3n4-c3cccc4c3sc3ccccc34)NC(c3cccc4c3sc3ccccc34)N2)cc1. The summed E-state index contributed by atoms with van der Waals surface area (Å²) in [4.78, 5) is 5.33. The molecule has 1 aliphatic heterocycles. The Morgan fingerprint density at radius 3 is 1.94 bits per heavy atom. The second kappa shape index (κ2) is 11.4. The number of fused-ring (bicyclic) bond motifs is 9. The number of aromatic nitrogens is 1. The fourth-order valence-corrected chi connectivity index (χ4v) is 10.4. The number of para-hydroxylation sites is 1. The molecule has 1 aliphatic rings. The molecule has 4 nitrogen and oxygen atoms in total. The molecule has 0 fully saturated rings. The van der Waals surface area contributed by atoms with Crippen LogP contribution in [0.5, 0.6) is 0 Å². The summed E-state index contributed by atoms with van der Waals surface area (Å²) in [5.74, 6) is 0.885. The van der Waals surface area contributed by atoms with E-state index in [1.54, 1.807) is 0 Å². The van der Waals surface area contributed by atoms with Crippen molar-refractivity contribution in [2.45, 2.75) is 12.3 Å². The third-order valence-electron chi connectivity index (χ3n) is 10.3. The summed E-state index contributed by atoms with van der Waals surface area (Å²) in [6.07, 6.45) is -0.346. The van der Waals surface area contributed by atoms with E-state index in [-0.39, 0.29) is 12.3 Å². The van der Waals surface area contributed by atoms with Crippen LogP contribution < -0.4 is 10.6 Å². The lowest BCUT2D eigenvalue weighted by molar-refractivity contribution is 0.411. The van der Waals surface area contributed by atoms with Crippen LogP contribution in [-0.4, -0.2) is 10.4 Å². The Kier molecular flexibility index (Phi) is 6.46. The normalized spacial score (nSPS) is 16.4. The molecule has 0 aliphatic carbocycles. The minimum absolute atomic E-state index is 0.137. The molecule has 4 heterocycles. The molecule has 0 saturated carbocycles. The Balaban J connectivity index is 1.09. The molecular formula is C45H30N4S2. The van der Waals surface area contributed by atoms with Gasteiger partial charge in [0.05, 0.1) is 21.4 Å². The van der Waals surface area contributed by atoms with E-state index in [0.29, 0.717) is 0 Å². The van der Waals surface area contributed by atoms with Crippen molar-refractivity contribution in [3.05, 3.63) is 174 Å². The zero-order chi connectivity index (χ0) is 33.5. The first-order valence-electron chi connectivity index (χ1n) is 17.3. The highest BCUT2D eigenvalue weighted by Gasteiger charge is 2.28. The number of nitrogens with zero attached hydrogens (tertiary/aromatic N) is 2. The maximum atomic E-state index is 5.33. The van der Waals surface area contributed by atoms with Crippen molar-refractivity contribution in [2.24, 2.45) is 4.99 Å². The smallest absolute Gasteiger partial charge is 0.131 e. The molecule has 3 aromatic heterocycles. The lowest BCUT2D eigenvalue weighted by Crippen LogP contribution is -2.45. The van der Waals surface area contributed by atoms with Gasteiger partial charge in [-0.1, -0.05) is 115 Å². The van der Waals surface area contributed by atoms with Gasteiger partial charge in [0, 0.05) is 57.5 Å². The number of hydrogen-bond donors (Lipinski definition) is 2. The second-order valence-corrected chi connectivity index (χ2v) is 15.3. The van der Waals surface area contributed by atoms with Crippen molar-refractivity contribution in [3.8, 4) is 5.69 Å². The van der Waals surface area contributed by atoms with Crippen LogP contribution in [0.25, 0.3) is 67.8 Å². The predicted molar refractivity (Wildman–Crippen MR) is 218 cm³/mol. The minimum atomic E-state index is -0.209. The first kappa shape index (κ1) is 29.0. The number of aliphatic imine (C=N–C) groups is 1. The molecule has 11 rings (SSSR count). The minimum Gasteiger partial charge on any atom is -0.350 e. The molecule has 2 N–H and O–H groups in total. The van der Waals surface area contributed by atoms with Crippen LogP contribution in [0.4, 0.5) is 0 Å². The van der Waals surface area contributed by atoms with Crippen LogP contribution in [0.3, 0.4) is 0 Å². The highest BCUT2D eigenvalue weighted by molar-refractivity contribution is 7.26. The fraction of sp³-hybridized carbons (Fsp3) is 0.0444. The summed E-state index contributed by atoms with van der Waals surface area (Å²) in [6.45, 7) is 0. The summed E-state index contributed by atoms with van der Waals surface area (Å²) in [5.41, 5.74) is 7.04. The first-order chi connectivity index (χ1) is 25.3. The summed E-state index contributed by atoms with van der Waals surface area (Å²) >= 11 is 3.73. The van der Waals surface area contributed by atoms with Gasteiger partial charge in [-0.2, -0.15) is 0 Å². The van der Waals surface area contributed by atoms with E-state index in [1.165, 1.54) is 73.4 Å². The summed E-state index contributed by atoms with van der Waals surface area (Å²) in [6, 6.07) is 57.0. The second-order valence-electron chi connectivity index (χ2n) is 13.2. The van der Waals surface area contributed by atoms with Gasteiger partial charge in [-0.05, 0) is 48.0 Å². The summed E-state index contributed by atoms with van der Waals surface area (Å²) in [7, 11) is 0. The Bertz CT molecular complexity index is 3000. The van der Waals surface area contributed by atoms with E-state index in [9.17, 15) is 0 Å². The maximum Gasteiger partial charge on any atom is 0.131 e. The van der Waals surface area contributed by atoms with Crippen LogP contribution >= 0.6 is 22.7 Å². The number of amidine groups is 1. The number of thiophene rings is 2. The van der Waals surface area contributed by atoms with E-state index >= 15 is 0 Å². The lowest BCUT2D eigenvalue weighted by atomic mass is 10.0. The van der Waals surface area contributed by atoms with Crippen molar-refractivity contribution >= 4 is 90.7 Å². The van der Waals surface area contributed by atoms with E-state index in [1.807, 2.05) is 22.7 Å². The Labute approximate surface area is 301 Å². The number of hydrogen-bond acceptors (Lipinski definition) is 5. The summed E-state index contributed by atoms with van der Waals surface area (Å²) in [5, 5.41) is 15.3. The Morgan fingerprint density at radius 1 is 0.510 bits per heavy atom. The third-order valence-corrected chi connectivity index (χ3v) is 12.7. The van der Waals surface area contributed by atoms with Crippen molar-refractivity contribution in [3.63, 3.8) is 0 Å². The van der Waals surface area contributed by atoms with Crippen LogP contribution in [0.2, 0.25) is 0 Å². The number of benzene rings is 7. The van der Waals surface area contributed by atoms with Crippen LogP contribution in [0.15, 0.2) is 163 Å². The molecule has 0 saturated heterocycles. The van der Waals surface area contributed by atoms with Gasteiger partial charge in [-0.15, -0.1) is 22.7 Å². The highest BCUT2D eigenvalue weighted by atomic mass is 32.1. The Morgan fingerprint density at radius 2 is 1.14 bits per heavy atom. The zero-order valence-electron chi connectivity index (χ0n) is 27.4. The van der Waals surface area contributed by atoms with Gasteiger partial charge >= 0.3 is 0 Å². The average Bonchev–Trinajstić information content (AvgIpc) is 3.87. The van der Waals surface area contributed by atoms with Crippen molar-refractivity contribution in [2.75, 3.05) is 0 Å². The average molecular weight is 691 g/mol. The highest BCUT2D eigenvalue weighted by Crippen LogP contribution is 2.42. The molecule has 0 spiro atoms. The van der Waals surface area contributed by atoms with Gasteiger partial charge in [0.2, 0.25) is 0 Å². The molecule has 0 radical (unpaired) electrons. The quantitative estimate of drug-likeness (QED) is 0.193. The van der Waals surface area contributed by atoms with E-state index in [2.05, 4.69) is 173 Å². The molecule has 0 amide bonds. The standard InChI is InChI=1S/C45H30N4S2/c1-2-12-27(13-3-1)43-46-44(48-45(47-43)34-19-10-17-32-30-15-5-8-22-39(30)50-41(32)34)28-24-25-37-35(26-28)29-14-4-7-20-36(29)49(37)38-21-11-18-33-31-16-6-9-23-40(31)51-42(33)38/h1-26,43,45,47H,(H,46,48). The van der Waals surface area contributed by atoms with Gasteiger partial charge in [0.1, 0.15) is 18.2 Å².